The van der Waals surface area contributed by atoms with Crippen molar-refractivity contribution in [3.63, 3.8) is 0 Å². The lowest BCUT2D eigenvalue weighted by molar-refractivity contribution is 0.301. The smallest absolute Gasteiger partial charge is 0.145 e. The van der Waals surface area contributed by atoms with Crippen molar-refractivity contribution in [1.82, 2.24) is 9.97 Å². The van der Waals surface area contributed by atoms with Crippen molar-refractivity contribution in [2.75, 3.05) is 30.0 Å². The lowest BCUT2D eigenvalue weighted by Gasteiger charge is -2.22. The van der Waals surface area contributed by atoms with E-state index in [2.05, 4.69) is 22.3 Å². The minimum Gasteiger partial charge on any atom is -0.395 e. The van der Waals surface area contributed by atoms with Crippen molar-refractivity contribution in [2.24, 2.45) is 5.84 Å². The molecule has 4 N–H and O–H groups in total. The number of hydrogen-bond donors (Lipinski definition) is 3. The van der Waals surface area contributed by atoms with Crippen molar-refractivity contribution in [1.29, 1.82) is 0 Å². The van der Waals surface area contributed by atoms with Crippen LogP contribution < -0.4 is 16.2 Å². The number of hydrogen-bond acceptors (Lipinski definition) is 6. The van der Waals surface area contributed by atoms with Gasteiger partial charge in [0.15, 0.2) is 0 Å². The zero-order valence-corrected chi connectivity index (χ0v) is 9.56. The van der Waals surface area contributed by atoms with Gasteiger partial charge in [-0.15, -0.1) is 0 Å². The molecular formula is C10H19N5O. The van der Waals surface area contributed by atoms with Crippen LogP contribution in [0.5, 0.6) is 0 Å². The van der Waals surface area contributed by atoms with E-state index in [1.54, 1.807) is 6.07 Å². The molecule has 90 valence electrons. The number of aliphatic hydroxyl groups is 1. The standard InChI is InChI=1S/C10H19N5O/c1-2-3-4-15(5-6-16)10-7-9(14-11)12-8-13-10/h7-8,16H,2-6,11H2,1H3,(H,12,13,14). The Labute approximate surface area is 95.5 Å². The van der Waals surface area contributed by atoms with Gasteiger partial charge in [-0.25, -0.2) is 15.8 Å². The van der Waals surface area contributed by atoms with Crippen LogP contribution in [0.25, 0.3) is 0 Å². The van der Waals surface area contributed by atoms with Crippen molar-refractivity contribution >= 4 is 11.6 Å². The molecule has 0 radical (unpaired) electrons. The maximum Gasteiger partial charge on any atom is 0.145 e. The maximum absolute atomic E-state index is 9.00. The normalized spacial score (nSPS) is 10.2. The molecule has 0 saturated carbocycles. The van der Waals surface area contributed by atoms with Crippen LogP contribution in [0.1, 0.15) is 19.8 Å². The first kappa shape index (κ1) is 12.7. The number of nitrogens with one attached hydrogen (secondary N) is 1. The van der Waals surface area contributed by atoms with Crippen LogP contribution in [0.15, 0.2) is 12.4 Å². The lowest BCUT2D eigenvalue weighted by Crippen LogP contribution is -2.28. The second-order valence-electron chi connectivity index (χ2n) is 3.47. The average molecular weight is 225 g/mol. The fourth-order valence-corrected chi connectivity index (χ4v) is 1.41. The molecule has 0 aliphatic rings. The van der Waals surface area contributed by atoms with Gasteiger partial charge in [-0.2, -0.15) is 0 Å². The molecule has 1 aromatic heterocycles. The molecule has 16 heavy (non-hydrogen) atoms. The van der Waals surface area contributed by atoms with Gasteiger partial charge < -0.3 is 15.4 Å². The first-order valence-electron chi connectivity index (χ1n) is 5.46. The highest BCUT2D eigenvalue weighted by Gasteiger charge is 2.07. The monoisotopic (exact) mass is 225 g/mol. The highest BCUT2D eigenvalue weighted by molar-refractivity contribution is 5.47. The molecule has 0 atom stereocenters. The van der Waals surface area contributed by atoms with Gasteiger partial charge in [0.2, 0.25) is 0 Å². The lowest BCUT2D eigenvalue weighted by atomic mass is 10.3. The van der Waals surface area contributed by atoms with Gasteiger partial charge in [-0.1, -0.05) is 13.3 Å². The van der Waals surface area contributed by atoms with E-state index in [0.29, 0.717) is 12.4 Å². The van der Waals surface area contributed by atoms with E-state index in [0.717, 1.165) is 25.2 Å². The number of aliphatic hydroxyl groups excluding tert-OH is 1. The number of aromatic nitrogens is 2. The minimum absolute atomic E-state index is 0.110. The molecule has 6 nitrogen and oxygen atoms in total. The zero-order chi connectivity index (χ0) is 11.8. The van der Waals surface area contributed by atoms with Gasteiger partial charge in [-0.3, -0.25) is 0 Å². The summed E-state index contributed by atoms with van der Waals surface area (Å²) in [4.78, 5) is 10.1. The summed E-state index contributed by atoms with van der Waals surface area (Å²) in [5, 5.41) is 9.00. The van der Waals surface area contributed by atoms with Gasteiger partial charge in [0.05, 0.1) is 6.61 Å². The summed E-state index contributed by atoms with van der Waals surface area (Å²) in [5.41, 5.74) is 2.48. The van der Waals surface area contributed by atoms with E-state index in [-0.39, 0.29) is 6.61 Å². The Morgan fingerprint density at radius 1 is 1.44 bits per heavy atom. The third-order valence-corrected chi connectivity index (χ3v) is 2.28. The zero-order valence-electron chi connectivity index (χ0n) is 9.56. The maximum atomic E-state index is 9.00. The molecular weight excluding hydrogens is 206 g/mol. The first-order valence-corrected chi connectivity index (χ1v) is 5.46. The summed E-state index contributed by atoms with van der Waals surface area (Å²) < 4.78 is 0. The van der Waals surface area contributed by atoms with Gasteiger partial charge in [0.1, 0.15) is 18.0 Å². The van der Waals surface area contributed by atoms with Gasteiger partial charge in [0.25, 0.3) is 0 Å². The Hall–Kier alpha value is -1.40. The van der Waals surface area contributed by atoms with E-state index >= 15 is 0 Å². The summed E-state index contributed by atoms with van der Waals surface area (Å²) in [5.74, 6) is 6.64. The van der Waals surface area contributed by atoms with Crippen LogP contribution in [-0.4, -0.2) is 34.8 Å². The number of anilines is 2. The summed E-state index contributed by atoms with van der Waals surface area (Å²) >= 11 is 0. The van der Waals surface area contributed by atoms with Crippen molar-refractivity contribution < 1.29 is 5.11 Å². The van der Waals surface area contributed by atoms with Gasteiger partial charge in [-0.05, 0) is 6.42 Å². The second-order valence-corrected chi connectivity index (χ2v) is 3.47. The van der Waals surface area contributed by atoms with Crippen molar-refractivity contribution in [3.8, 4) is 0 Å². The molecule has 0 amide bonds. The molecule has 1 aromatic rings. The van der Waals surface area contributed by atoms with Crippen LogP contribution in [0.2, 0.25) is 0 Å². The third-order valence-electron chi connectivity index (χ3n) is 2.28. The van der Waals surface area contributed by atoms with Crippen molar-refractivity contribution in [2.45, 2.75) is 19.8 Å². The first-order chi connectivity index (χ1) is 7.81. The average Bonchev–Trinajstić information content (AvgIpc) is 2.34. The third kappa shape index (κ3) is 3.63. The van der Waals surface area contributed by atoms with Gasteiger partial charge >= 0.3 is 0 Å². The van der Waals surface area contributed by atoms with Crippen LogP contribution in [0.4, 0.5) is 11.6 Å². The topological polar surface area (TPSA) is 87.3 Å². The van der Waals surface area contributed by atoms with Crippen LogP contribution in [0, 0.1) is 0 Å². The fraction of sp³-hybridized carbons (Fsp3) is 0.600. The molecule has 0 aliphatic carbocycles. The number of unbranched alkanes of at least 4 members (excludes halogenated alkanes) is 1. The van der Waals surface area contributed by atoms with E-state index < -0.39 is 0 Å². The predicted octanol–water partition coefficient (Wildman–Crippen LogP) is 0.361. The molecule has 0 bridgehead atoms. The van der Waals surface area contributed by atoms with E-state index in [4.69, 9.17) is 10.9 Å². The van der Waals surface area contributed by atoms with E-state index in [1.165, 1.54) is 6.33 Å². The minimum atomic E-state index is 0.110. The van der Waals surface area contributed by atoms with Crippen LogP contribution >= 0.6 is 0 Å². The van der Waals surface area contributed by atoms with E-state index in [1.807, 2.05) is 4.90 Å². The number of rotatable bonds is 7. The summed E-state index contributed by atoms with van der Waals surface area (Å²) in [6.45, 7) is 3.68. The molecule has 6 heteroatoms. The molecule has 0 unspecified atom stereocenters. The fourth-order valence-electron chi connectivity index (χ4n) is 1.41. The SMILES string of the molecule is CCCCN(CCO)c1cc(NN)ncn1. The molecule has 0 spiro atoms. The van der Waals surface area contributed by atoms with Crippen LogP contribution in [0.3, 0.4) is 0 Å². The highest BCUT2D eigenvalue weighted by Crippen LogP contribution is 2.13. The number of hydrazine groups is 1. The quantitative estimate of drug-likeness (QED) is 0.459. The summed E-state index contributed by atoms with van der Waals surface area (Å²) in [6, 6.07) is 1.77. The summed E-state index contributed by atoms with van der Waals surface area (Å²) in [7, 11) is 0. The number of nitrogens with two attached hydrogens (primary N) is 1. The predicted molar refractivity (Wildman–Crippen MR) is 64.0 cm³/mol. The highest BCUT2D eigenvalue weighted by atomic mass is 16.3. The van der Waals surface area contributed by atoms with Gasteiger partial charge in [0, 0.05) is 19.2 Å². The Bertz CT molecular complexity index is 307. The molecule has 0 aromatic carbocycles. The molecule has 1 heterocycles. The van der Waals surface area contributed by atoms with Crippen molar-refractivity contribution in [3.05, 3.63) is 12.4 Å². The Morgan fingerprint density at radius 2 is 2.25 bits per heavy atom. The Balaban J connectivity index is 2.73. The largest absolute Gasteiger partial charge is 0.395 e. The molecule has 0 fully saturated rings. The molecule has 1 rings (SSSR count). The Morgan fingerprint density at radius 3 is 2.88 bits per heavy atom. The summed E-state index contributed by atoms with van der Waals surface area (Å²) in [6.07, 6.45) is 3.63. The second kappa shape index (κ2) is 6.97. The number of nitrogens with zero attached hydrogens (tertiary/aromatic N) is 3. The Kier molecular flexibility index (Phi) is 5.52. The molecule has 0 aliphatic heterocycles. The molecule has 0 saturated heterocycles. The van der Waals surface area contributed by atoms with E-state index in [9.17, 15) is 0 Å². The van der Waals surface area contributed by atoms with Crippen LogP contribution in [-0.2, 0) is 0 Å². The number of nitrogen functional groups attached to an aromatic ring is 1.